The van der Waals surface area contributed by atoms with Crippen LogP contribution in [0.4, 0.5) is 4.79 Å². The highest BCUT2D eigenvalue weighted by atomic mass is 16.6. The summed E-state index contributed by atoms with van der Waals surface area (Å²) in [6, 6.07) is 0. The second kappa shape index (κ2) is 9.56. The molecular formula is C18H32N4O3. The van der Waals surface area contributed by atoms with Gasteiger partial charge < -0.3 is 9.47 Å². The summed E-state index contributed by atoms with van der Waals surface area (Å²) >= 11 is 0. The number of nitrogens with zero attached hydrogens (tertiary/aromatic N) is 4. The third-order valence-electron chi connectivity index (χ3n) is 3.46. The van der Waals surface area contributed by atoms with Gasteiger partial charge in [-0.3, -0.25) is 0 Å². The Morgan fingerprint density at radius 3 is 2.48 bits per heavy atom. The van der Waals surface area contributed by atoms with Crippen LogP contribution >= 0.6 is 0 Å². The SMILES string of the molecule is CCCOCCCN(C(=O)OC(C)(C)C)n1ncnc1C(C)=C(C)C. The van der Waals surface area contributed by atoms with Gasteiger partial charge in [0, 0.05) is 13.2 Å². The summed E-state index contributed by atoms with van der Waals surface area (Å²) in [4.78, 5) is 18.5. The minimum Gasteiger partial charge on any atom is -0.442 e. The number of carbonyl (C=O) groups excluding carboxylic acids is 1. The first-order valence-corrected chi connectivity index (χ1v) is 8.80. The Bertz CT molecular complexity index is 583. The molecule has 0 aliphatic carbocycles. The molecule has 0 aliphatic rings. The van der Waals surface area contributed by atoms with E-state index in [-0.39, 0.29) is 0 Å². The second-order valence-corrected chi connectivity index (χ2v) is 7.17. The van der Waals surface area contributed by atoms with E-state index in [0.717, 1.165) is 24.2 Å². The molecule has 25 heavy (non-hydrogen) atoms. The highest BCUT2D eigenvalue weighted by Crippen LogP contribution is 2.17. The van der Waals surface area contributed by atoms with Crippen molar-refractivity contribution in [2.45, 2.75) is 66.9 Å². The summed E-state index contributed by atoms with van der Waals surface area (Å²) in [7, 11) is 0. The average molecular weight is 352 g/mol. The van der Waals surface area contributed by atoms with Crippen LogP contribution in [0, 0.1) is 0 Å². The summed E-state index contributed by atoms with van der Waals surface area (Å²) in [5, 5.41) is 5.72. The van der Waals surface area contributed by atoms with Crippen LogP contribution in [0.5, 0.6) is 0 Å². The summed E-state index contributed by atoms with van der Waals surface area (Å²) in [5.41, 5.74) is 1.51. The molecule has 0 aromatic carbocycles. The lowest BCUT2D eigenvalue weighted by Crippen LogP contribution is -2.46. The topological polar surface area (TPSA) is 69.5 Å². The second-order valence-electron chi connectivity index (χ2n) is 7.17. The Hall–Kier alpha value is -1.89. The van der Waals surface area contributed by atoms with Gasteiger partial charge in [-0.2, -0.15) is 5.01 Å². The predicted octanol–water partition coefficient (Wildman–Crippen LogP) is 3.78. The maximum atomic E-state index is 12.7. The quantitative estimate of drug-likeness (QED) is 0.666. The van der Waals surface area contributed by atoms with E-state index in [1.807, 2.05) is 41.5 Å². The first-order chi connectivity index (χ1) is 11.7. The van der Waals surface area contributed by atoms with E-state index in [4.69, 9.17) is 9.47 Å². The molecule has 0 fully saturated rings. The van der Waals surface area contributed by atoms with Crippen LogP contribution in [-0.2, 0) is 9.47 Å². The van der Waals surface area contributed by atoms with Gasteiger partial charge in [-0.1, -0.05) is 12.5 Å². The minimum atomic E-state index is -0.583. The highest BCUT2D eigenvalue weighted by Gasteiger charge is 2.26. The first kappa shape index (κ1) is 21.2. The third-order valence-corrected chi connectivity index (χ3v) is 3.46. The van der Waals surface area contributed by atoms with E-state index in [1.165, 1.54) is 16.1 Å². The van der Waals surface area contributed by atoms with Crippen LogP contribution in [0.3, 0.4) is 0 Å². The average Bonchev–Trinajstić information content (AvgIpc) is 2.97. The highest BCUT2D eigenvalue weighted by molar-refractivity contribution is 5.79. The molecule has 7 heteroatoms. The van der Waals surface area contributed by atoms with Crippen molar-refractivity contribution in [3.63, 3.8) is 0 Å². The molecule has 142 valence electrons. The third kappa shape index (κ3) is 6.86. The lowest BCUT2D eigenvalue weighted by Gasteiger charge is -2.27. The normalized spacial score (nSPS) is 11.3. The fourth-order valence-electron chi connectivity index (χ4n) is 2.02. The standard InChI is InChI=1S/C18H32N4O3/c1-8-11-24-12-9-10-21(17(23)25-18(5,6)7)22-16(19-13-20-22)15(4)14(2)3/h13H,8-12H2,1-7H3. The lowest BCUT2D eigenvalue weighted by molar-refractivity contribution is 0.0522. The molecule has 1 heterocycles. The Balaban J connectivity index is 3.01. The maximum absolute atomic E-state index is 12.7. The van der Waals surface area contributed by atoms with E-state index < -0.39 is 11.7 Å². The van der Waals surface area contributed by atoms with Gasteiger partial charge in [0.25, 0.3) is 0 Å². The Kier molecular flexibility index (Phi) is 8.09. The number of hydrogen-bond donors (Lipinski definition) is 0. The van der Waals surface area contributed by atoms with Crippen LogP contribution in [0.25, 0.3) is 5.57 Å². The molecule has 0 bridgehead atoms. The van der Waals surface area contributed by atoms with Gasteiger partial charge in [0.1, 0.15) is 11.9 Å². The maximum Gasteiger partial charge on any atom is 0.430 e. The molecule has 0 saturated heterocycles. The van der Waals surface area contributed by atoms with Gasteiger partial charge in [-0.25, -0.2) is 9.78 Å². The molecular weight excluding hydrogens is 320 g/mol. The Labute approximate surface area is 151 Å². The van der Waals surface area contributed by atoms with Gasteiger partial charge in [0.05, 0.1) is 6.54 Å². The van der Waals surface area contributed by atoms with Crippen LogP contribution in [-0.4, -0.2) is 46.3 Å². The summed E-state index contributed by atoms with van der Waals surface area (Å²) in [6.45, 7) is 15.3. The van der Waals surface area contributed by atoms with E-state index in [0.29, 0.717) is 25.4 Å². The number of aromatic nitrogens is 3. The number of amides is 1. The smallest absolute Gasteiger partial charge is 0.430 e. The van der Waals surface area contributed by atoms with Crippen molar-refractivity contribution in [1.82, 2.24) is 14.9 Å². The number of carbonyl (C=O) groups is 1. The lowest BCUT2D eigenvalue weighted by atomic mass is 10.2. The van der Waals surface area contributed by atoms with Gasteiger partial charge >= 0.3 is 6.09 Å². The molecule has 1 aromatic heterocycles. The van der Waals surface area contributed by atoms with Crippen LogP contribution in [0.15, 0.2) is 11.9 Å². The number of ether oxygens (including phenoxy) is 2. The fraction of sp³-hybridized carbons (Fsp3) is 0.722. The first-order valence-electron chi connectivity index (χ1n) is 8.80. The zero-order chi connectivity index (χ0) is 19.0. The van der Waals surface area contributed by atoms with Crippen molar-refractivity contribution in [3.05, 3.63) is 17.7 Å². The van der Waals surface area contributed by atoms with Crippen molar-refractivity contribution in [2.24, 2.45) is 0 Å². The monoisotopic (exact) mass is 352 g/mol. The molecule has 7 nitrogen and oxygen atoms in total. The van der Waals surface area contributed by atoms with Crippen LogP contribution in [0.1, 0.15) is 67.1 Å². The van der Waals surface area contributed by atoms with Crippen LogP contribution in [0.2, 0.25) is 0 Å². The number of allylic oxidation sites excluding steroid dienone is 2. The minimum absolute atomic E-state index is 0.436. The van der Waals surface area contributed by atoms with Crippen molar-refractivity contribution >= 4 is 11.7 Å². The van der Waals surface area contributed by atoms with Crippen molar-refractivity contribution in [3.8, 4) is 0 Å². The molecule has 0 atom stereocenters. The Morgan fingerprint density at radius 2 is 1.92 bits per heavy atom. The molecule has 1 aromatic rings. The van der Waals surface area contributed by atoms with Crippen LogP contribution < -0.4 is 5.01 Å². The zero-order valence-corrected chi connectivity index (χ0v) is 16.6. The van der Waals surface area contributed by atoms with E-state index >= 15 is 0 Å². The van der Waals surface area contributed by atoms with Gasteiger partial charge in [-0.05, 0) is 60.0 Å². The summed E-state index contributed by atoms with van der Waals surface area (Å²) in [5.74, 6) is 0.639. The molecule has 0 saturated carbocycles. The van der Waals surface area contributed by atoms with Gasteiger partial charge in [0.2, 0.25) is 0 Å². The number of hydrogen-bond acceptors (Lipinski definition) is 5. The van der Waals surface area contributed by atoms with Gasteiger partial charge in [-0.15, -0.1) is 9.89 Å². The Morgan fingerprint density at radius 1 is 1.24 bits per heavy atom. The summed E-state index contributed by atoms with van der Waals surface area (Å²) in [6.07, 6.45) is 2.67. The molecule has 1 amide bonds. The predicted molar refractivity (Wildman–Crippen MR) is 99.0 cm³/mol. The van der Waals surface area contributed by atoms with Crippen molar-refractivity contribution < 1.29 is 14.3 Å². The van der Waals surface area contributed by atoms with Crippen molar-refractivity contribution in [1.29, 1.82) is 0 Å². The largest absolute Gasteiger partial charge is 0.442 e. The van der Waals surface area contributed by atoms with E-state index in [1.54, 1.807) is 0 Å². The molecule has 0 radical (unpaired) electrons. The van der Waals surface area contributed by atoms with E-state index in [9.17, 15) is 4.79 Å². The number of rotatable bonds is 8. The van der Waals surface area contributed by atoms with Gasteiger partial charge in [0.15, 0.2) is 5.82 Å². The molecule has 0 unspecified atom stereocenters. The van der Waals surface area contributed by atoms with E-state index in [2.05, 4.69) is 17.0 Å². The molecule has 0 spiro atoms. The zero-order valence-electron chi connectivity index (χ0n) is 16.6. The molecule has 1 rings (SSSR count). The molecule has 0 aliphatic heterocycles. The fourth-order valence-corrected chi connectivity index (χ4v) is 2.02. The van der Waals surface area contributed by atoms with Crippen molar-refractivity contribution in [2.75, 3.05) is 24.8 Å². The summed E-state index contributed by atoms with van der Waals surface area (Å²) < 4.78 is 11.1. The molecule has 0 N–H and O–H groups in total.